The largest absolute Gasteiger partial charge is 0.386 e. The number of rotatable bonds is 0. The Kier molecular flexibility index (Phi) is 1.40. The van der Waals surface area contributed by atoms with Gasteiger partial charge in [-0.15, -0.1) is 0 Å². The van der Waals surface area contributed by atoms with Crippen LogP contribution in [0.15, 0.2) is 40.1 Å². The Hall–Kier alpha value is -2.50. The first-order valence-corrected chi connectivity index (χ1v) is 4.29. The van der Waals surface area contributed by atoms with Gasteiger partial charge in [-0.1, -0.05) is 0 Å². The summed E-state index contributed by atoms with van der Waals surface area (Å²) in [6.45, 7) is 0. The van der Waals surface area contributed by atoms with Crippen molar-refractivity contribution in [2.45, 2.75) is 0 Å². The Morgan fingerprint density at radius 3 is 2.19 bits per heavy atom. The van der Waals surface area contributed by atoms with E-state index in [4.69, 9.17) is 0 Å². The van der Waals surface area contributed by atoms with E-state index in [0.29, 0.717) is 0 Å². The normalized spacial score (nSPS) is 11.5. The fourth-order valence-corrected chi connectivity index (χ4v) is 1.77. The van der Waals surface area contributed by atoms with E-state index in [0.717, 1.165) is 6.07 Å². The van der Waals surface area contributed by atoms with Crippen molar-refractivity contribution in [3.05, 3.63) is 53.8 Å². The Morgan fingerprint density at radius 1 is 0.750 bits per heavy atom. The van der Waals surface area contributed by atoms with Crippen LogP contribution in [0.2, 0.25) is 0 Å². The second-order valence-corrected chi connectivity index (χ2v) is 3.29. The van der Waals surface area contributed by atoms with E-state index in [1.165, 1.54) is 6.07 Å². The van der Waals surface area contributed by atoms with Crippen LogP contribution in [0.5, 0.6) is 0 Å². The van der Waals surface area contributed by atoms with Gasteiger partial charge in [0.05, 0.1) is 16.7 Å². The zero-order chi connectivity index (χ0) is 11.4. The van der Waals surface area contributed by atoms with Gasteiger partial charge in [0.15, 0.2) is 0 Å². The zero-order valence-electron chi connectivity index (χ0n) is 7.60. The van der Waals surface area contributed by atoms with Crippen molar-refractivity contribution in [3.63, 3.8) is 0 Å². The van der Waals surface area contributed by atoms with Crippen LogP contribution < -0.4 is 22.5 Å². The minimum absolute atomic E-state index is 0.00194. The molecule has 6 heteroatoms. The van der Waals surface area contributed by atoms with Gasteiger partial charge in [-0.3, -0.25) is 0 Å². The second-order valence-electron chi connectivity index (χ2n) is 3.29. The maximum atomic E-state index is 11.4. The fourth-order valence-electron chi connectivity index (χ4n) is 1.77. The standard InChI is InChI=1S/C10H2O6/c11-5-2-3-1-4-7(6(3)9(13)15-5)10(14)16-8(4)12/h1-2H. The smallest absolute Gasteiger partial charge is 0.347 e. The average Bonchev–Trinajstić information content (AvgIpc) is 2.66. The molecule has 1 aliphatic carbocycles. The lowest BCUT2D eigenvalue weighted by molar-refractivity contribution is 0.475. The summed E-state index contributed by atoms with van der Waals surface area (Å²) in [5.74, 6) is 0. The maximum absolute atomic E-state index is 11.4. The topological polar surface area (TPSA) is 94.6 Å². The molecule has 0 amide bonds. The molecule has 0 unspecified atom stereocenters. The summed E-state index contributed by atoms with van der Waals surface area (Å²) in [7, 11) is 0. The lowest BCUT2D eigenvalue weighted by atomic mass is 10.1. The van der Waals surface area contributed by atoms with Crippen LogP contribution in [0.1, 0.15) is 0 Å². The summed E-state index contributed by atoms with van der Waals surface area (Å²) >= 11 is 0. The average molecular weight is 218 g/mol. The van der Waals surface area contributed by atoms with Crippen molar-refractivity contribution in [3.8, 4) is 22.3 Å². The van der Waals surface area contributed by atoms with E-state index in [1.54, 1.807) is 0 Å². The van der Waals surface area contributed by atoms with Crippen molar-refractivity contribution in [1.29, 1.82) is 0 Å². The lowest BCUT2D eigenvalue weighted by Gasteiger charge is -1.91. The van der Waals surface area contributed by atoms with Gasteiger partial charge in [-0.05, 0) is 11.6 Å². The Morgan fingerprint density at radius 2 is 1.44 bits per heavy atom. The quantitative estimate of drug-likeness (QED) is 0.500. The van der Waals surface area contributed by atoms with Crippen molar-refractivity contribution in [2.75, 3.05) is 0 Å². The number of hydrogen-bond acceptors (Lipinski definition) is 6. The first-order chi connectivity index (χ1) is 7.58. The molecule has 78 valence electrons. The molecule has 0 spiro atoms. The summed E-state index contributed by atoms with van der Waals surface area (Å²) < 4.78 is 8.66. The van der Waals surface area contributed by atoms with Gasteiger partial charge in [0.25, 0.3) is 0 Å². The highest BCUT2D eigenvalue weighted by Crippen LogP contribution is 2.31. The molecule has 0 aromatic rings. The highest BCUT2D eigenvalue weighted by Gasteiger charge is 2.28. The zero-order valence-corrected chi connectivity index (χ0v) is 7.60. The number of furan rings is 1. The van der Waals surface area contributed by atoms with Crippen molar-refractivity contribution in [1.82, 2.24) is 0 Å². The molecule has 6 nitrogen and oxygen atoms in total. The monoisotopic (exact) mass is 218 g/mol. The van der Waals surface area contributed by atoms with Crippen LogP contribution in [-0.4, -0.2) is 0 Å². The maximum Gasteiger partial charge on any atom is 0.347 e. The first-order valence-electron chi connectivity index (χ1n) is 4.29. The van der Waals surface area contributed by atoms with Crippen molar-refractivity contribution < 1.29 is 8.83 Å². The molecule has 0 saturated carbocycles. The first kappa shape index (κ1) is 8.78. The number of fused-ring (bicyclic) bond motifs is 3. The molecule has 0 bridgehead atoms. The van der Waals surface area contributed by atoms with Crippen LogP contribution in [0.4, 0.5) is 0 Å². The van der Waals surface area contributed by atoms with Crippen LogP contribution in [0, 0.1) is 0 Å². The van der Waals surface area contributed by atoms with E-state index in [-0.39, 0.29) is 22.3 Å². The highest BCUT2D eigenvalue weighted by atomic mass is 16.4. The summed E-state index contributed by atoms with van der Waals surface area (Å²) in [6.07, 6.45) is 0. The van der Waals surface area contributed by atoms with Gasteiger partial charge in [0.2, 0.25) is 0 Å². The van der Waals surface area contributed by atoms with Gasteiger partial charge in [0.1, 0.15) is 0 Å². The summed E-state index contributed by atoms with van der Waals surface area (Å²) in [4.78, 5) is 44.8. The Bertz CT molecular complexity index is 826. The molecular formula is C10H2O6. The van der Waals surface area contributed by atoms with Gasteiger partial charge >= 0.3 is 22.5 Å². The van der Waals surface area contributed by atoms with Gasteiger partial charge < -0.3 is 8.83 Å². The molecule has 3 aliphatic rings. The molecule has 16 heavy (non-hydrogen) atoms. The molecule has 0 aromatic heterocycles. The SMILES string of the molecule is O=c1cc2cc3c(=O)oc(=O)c-3c-2c(=O)o1. The molecule has 0 saturated heterocycles. The molecule has 0 N–H and O–H groups in total. The third kappa shape index (κ3) is 0.902. The summed E-state index contributed by atoms with van der Waals surface area (Å²) in [5, 5.41) is 0. The van der Waals surface area contributed by atoms with E-state index in [1.807, 2.05) is 0 Å². The number of hydrogen-bond donors (Lipinski definition) is 0. The van der Waals surface area contributed by atoms with Crippen LogP contribution in [0.3, 0.4) is 0 Å². The molecule has 2 aliphatic heterocycles. The highest BCUT2D eigenvalue weighted by molar-refractivity contribution is 5.88. The predicted molar refractivity (Wildman–Crippen MR) is 51.7 cm³/mol. The molecule has 2 heterocycles. The second kappa shape index (κ2) is 2.54. The summed E-state index contributed by atoms with van der Waals surface area (Å²) in [6, 6.07) is 2.33. The van der Waals surface area contributed by atoms with Crippen LogP contribution in [-0.2, 0) is 0 Å². The van der Waals surface area contributed by atoms with Crippen LogP contribution >= 0.6 is 0 Å². The minimum Gasteiger partial charge on any atom is -0.386 e. The molecule has 0 aromatic carbocycles. The van der Waals surface area contributed by atoms with Crippen molar-refractivity contribution in [2.24, 2.45) is 0 Å². The molecular weight excluding hydrogens is 216 g/mol. The Labute approximate surface area is 85.7 Å². The third-order valence-corrected chi connectivity index (χ3v) is 2.39. The molecule has 0 fully saturated rings. The lowest BCUT2D eigenvalue weighted by Crippen LogP contribution is -2.13. The van der Waals surface area contributed by atoms with Crippen LogP contribution in [0.25, 0.3) is 22.3 Å². The van der Waals surface area contributed by atoms with E-state index in [9.17, 15) is 19.2 Å². The van der Waals surface area contributed by atoms with Crippen molar-refractivity contribution >= 4 is 0 Å². The molecule has 0 atom stereocenters. The molecule has 0 radical (unpaired) electrons. The van der Waals surface area contributed by atoms with E-state index < -0.39 is 22.5 Å². The van der Waals surface area contributed by atoms with Gasteiger partial charge in [-0.25, -0.2) is 19.2 Å². The predicted octanol–water partition coefficient (Wildman–Crippen LogP) is -0.601. The summed E-state index contributed by atoms with van der Waals surface area (Å²) in [5.41, 5.74) is -3.44. The van der Waals surface area contributed by atoms with E-state index >= 15 is 0 Å². The molecule has 3 rings (SSSR count). The van der Waals surface area contributed by atoms with Gasteiger partial charge in [0, 0.05) is 6.07 Å². The Balaban J connectivity index is 2.71. The van der Waals surface area contributed by atoms with Gasteiger partial charge in [-0.2, -0.15) is 0 Å². The minimum atomic E-state index is -0.935. The van der Waals surface area contributed by atoms with E-state index in [2.05, 4.69) is 8.83 Å². The third-order valence-electron chi connectivity index (χ3n) is 2.39. The fraction of sp³-hybridized carbons (Fsp3) is 0.